The summed E-state index contributed by atoms with van der Waals surface area (Å²) in [4.78, 5) is 4.29. The third kappa shape index (κ3) is 2.18. The maximum Gasteiger partial charge on any atom is 0.246 e. The fourth-order valence-electron chi connectivity index (χ4n) is 1.75. The molecule has 1 heterocycles. The van der Waals surface area contributed by atoms with E-state index in [9.17, 15) is 0 Å². The van der Waals surface area contributed by atoms with E-state index in [0.29, 0.717) is 24.2 Å². The van der Waals surface area contributed by atoms with Gasteiger partial charge < -0.3 is 14.9 Å². The Hall–Kier alpha value is -0.940. The van der Waals surface area contributed by atoms with Gasteiger partial charge in [-0.3, -0.25) is 0 Å². The van der Waals surface area contributed by atoms with Gasteiger partial charge in [0.1, 0.15) is 0 Å². The molecule has 1 saturated carbocycles. The molecule has 1 aliphatic carbocycles. The predicted octanol–water partition coefficient (Wildman–Crippen LogP) is 0.591. The first kappa shape index (κ1) is 10.6. The number of rotatable bonds is 5. The summed E-state index contributed by atoms with van der Waals surface area (Å²) in [7, 11) is 0. The van der Waals surface area contributed by atoms with Gasteiger partial charge in [0.15, 0.2) is 5.82 Å². The summed E-state index contributed by atoms with van der Waals surface area (Å²) in [5.41, 5.74) is -0.0884. The molecule has 2 rings (SSSR count). The zero-order valence-corrected chi connectivity index (χ0v) is 9.16. The quantitative estimate of drug-likeness (QED) is 0.746. The Kier molecular flexibility index (Phi) is 2.75. The van der Waals surface area contributed by atoms with Gasteiger partial charge in [-0.05, 0) is 26.7 Å². The van der Waals surface area contributed by atoms with Gasteiger partial charge in [-0.2, -0.15) is 4.98 Å². The minimum absolute atomic E-state index is 0.0591. The van der Waals surface area contributed by atoms with E-state index < -0.39 is 0 Å². The van der Waals surface area contributed by atoms with Crippen LogP contribution in [0.2, 0.25) is 0 Å². The molecule has 0 aliphatic heterocycles. The monoisotopic (exact) mass is 211 g/mol. The van der Waals surface area contributed by atoms with Crippen molar-refractivity contribution in [2.75, 3.05) is 6.61 Å². The maximum absolute atomic E-state index is 8.76. The molecular weight excluding hydrogens is 194 g/mol. The Bertz CT molecular complexity index is 331. The van der Waals surface area contributed by atoms with Gasteiger partial charge in [0.05, 0.1) is 12.1 Å². The highest BCUT2D eigenvalue weighted by Crippen LogP contribution is 2.44. The standard InChI is InChI=1S/C10H17N3O2/c1-7(2)12-10(4-5-10)9-11-8(3-6-14)13-15-9/h7,12,14H,3-6H2,1-2H3. The van der Waals surface area contributed by atoms with Crippen molar-refractivity contribution in [3.8, 4) is 0 Å². The van der Waals surface area contributed by atoms with Crippen LogP contribution in [-0.2, 0) is 12.0 Å². The topological polar surface area (TPSA) is 71.2 Å². The fraction of sp³-hybridized carbons (Fsp3) is 0.800. The van der Waals surface area contributed by atoms with Crippen LogP contribution in [0.4, 0.5) is 0 Å². The van der Waals surface area contributed by atoms with Crippen molar-refractivity contribution < 1.29 is 9.63 Å². The van der Waals surface area contributed by atoms with E-state index in [1.807, 2.05) is 0 Å². The lowest BCUT2D eigenvalue weighted by Crippen LogP contribution is -2.35. The first-order valence-corrected chi connectivity index (χ1v) is 5.38. The van der Waals surface area contributed by atoms with E-state index in [4.69, 9.17) is 9.63 Å². The molecule has 84 valence electrons. The smallest absolute Gasteiger partial charge is 0.246 e. The number of aliphatic hydroxyl groups excluding tert-OH is 1. The Morgan fingerprint density at radius 3 is 2.80 bits per heavy atom. The van der Waals surface area contributed by atoms with E-state index in [0.717, 1.165) is 12.8 Å². The van der Waals surface area contributed by atoms with Crippen LogP contribution < -0.4 is 5.32 Å². The summed E-state index contributed by atoms with van der Waals surface area (Å²) in [6.45, 7) is 4.26. The fourth-order valence-corrected chi connectivity index (χ4v) is 1.75. The molecule has 2 N–H and O–H groups in total. The zero-order valence-electron chi connectivity index (χ0n) is 9.16. The highest BCUT2D eigenvalue weighted by Gasteiger charge is 2.49. The van der Waals surface area contributed by atoms with Gasteiger partial charge in [-0.25, -0.2) is 0 Å². The summed E-state index contributed by atoms with van der Waals surface area (Å²) in [5.74, 6) is 1.25. The normalized spacial score (nSPS) is 18.4. The average Bonchev–Trinajstić information content (AvgIpc) is 2.77. The molecule has 0 radical (unpaired) electrons. The van der Waals surface area contributed by atoms with Crippen molar-refractivity contribution in [2.45, 2.75) is 44.7 Å². The molecule has 0 spiro atoms. The summed E-state index contributed by atoms with van der Waals surface area (Å²) in [5, 5.41) is 16.0. The van der Waals surface area contributed by atoms with Crippen LogP contribution in [0.5, 0.6) is 0 Å². The molecule has 1 aliphatic rings. The molecule has 1 fully saturated rings. The molecular formula is C10H17N3O2. The number of hydrogen-bond acceptors (Lipinski definition) is 5. The summed E-state index contributed by atoms with van der Waals surface area (Å²) >= 11 is 0. The molecule has 0 unspecified atom stereocenters. The van der Waals surface area contributed by atoms with E-state index >= 15 is 0 Å². The van der Waals surface area contributed by atoms with E-state index in [2.05, 4.69) is 29.3 Å². The van der Waals surface area contributed by atoms with Gasteiger partial charge in [0.25, 0.3) is 0 Å². The number of aliphatic hydroxyl groups is 1. The lowest BCUT2D eigenvalue weighted by molar-refractivity contribution is 0.288. The number of nitrogens with one attached hydrogen (secondary N) is 1. The van der Waals surface area contributed by atoms with Crippen molar-refractivity contribution in [1.82, 2.24) is 15.5 Å². The molecule has 0 aromatic carbocycles. The zero-order chi connectivity index (χ0) is 10.9. The van der Waals surface area contributed by atoms with Crippen molar-refractivity contribution in [1.29, 1.82) is 0 Å². The van der Waals surface area contributed by atoms with E-state index in [1.165, 1.54) is 0 Å². The third-order valence-electron chi connectivity index (χ3n) is 2.53. The maximum atomic E-state index is 8.76. The van der Waals surface area contributed by atoms with Crippen LogP contribution in [0, 0.1) is 0 Å². The van der Waals surface area contributed by atoms with Crippen molar-refractivity contribution in [3.63, 3.8) is 0 Å². The van der Waals surface area contributed by atoms with Gasteiger partial charge >= 0.3 is 0 Å². The van der Waals surface area contributed by atoms with Crippen LogP contribution in [-0.4, -0.2) is 27.9 Å². The van der Waals surface area contributed by atoms with Crippen molar-refractivity contribution in [3.05, 3.63) is 11.7 Å². The van der Waals surface area contributed by atoms with Crippen LogP contribution in [0.3, 0.4) is 0 Å². The first-order chi connectivity index (χ1) is 7.16. The lowest BCUT2D eigenvalue weighted by atomic mass is 10.2. The molecule has 0 atom stereocenters. The summed E-state index contributed by atoms with van der Waals surface area (Å²) in [6, 6.07) is 0.403. The first-order valence-electron chi connectivity index (χ1n) is 5.38. The lowest BCUT2D eigenvalue weighted by Gasteiger charge is -2.15. The van der Waals surface area contributed by atoms with Gasteiger partial charge in [-0.1, -0.05) is 5.16 Å². The molecule has 5 nitrogen and oxygen atoms in total. The number of aromatic nitrogens is 2. The van der Waals surface area contributed by atoms with Crippen LogP contribution >= 0.6 is 0 Å². The van der Waals surface area contributed by atoms with E-state index in [1.54, 1.807) is 0 Å². The second-order valence-electron chi connectivity index (χ2n) is 4.37. The summed E-state index contributed by atoms with van der Waals surface area (Å²) < 4.78 is 5.21. The van der Waals surface area contributed by atoms with E-state index in [-0.39, 0.29) is 12.1 Å². The largest absolute Gasteiger partial charge is 0.396 e. The van der Waals surface area contributed by atoms with Gasteiger partial charge in [-0.15, -0.1) is 0 Å². The molecule has 0 saturated heterocycles. The van der Waals surface area contributed by atoms with Gasteiger partial charge in [0, 0.05) is 12.5 Å². The van der Waals surface area contributed by atoms with Crippen molar-refractivity contribution >= 4 is 0 Å². The van der Waals surface area contributed by atoms with Crippen LogP contribution in [0.1, 0.15) is 38.4 Å². The van der Waals surface area contributed by atoms with Crippen molar-refractivity contribution in [2.24, 2.45) is 0 Å². The molecule has 5 heteroatoms. The minimum atomic E-state index is -0.0884. The third-order valence-corrected chi connectivity index (χ3v) is 2.53. The highest BCUT2D eigenvalue weighted by molar-refractivity contribution is 5.14. The molecule has 0 amide bonds. The second-order valence-corrected chi connectivity index (χ2v) is 4.37. The molecule has 0 bridgehead atoms. The average molecular weight is 211 g/mol. The minimum Gasteiger partial charge on any atom is -0.396 e. The Morgan fingerprint density at radius 1 is 1.53 bits per heavy atom. The Balaban J connectivity index is 2.08. The Morgan fingerprint density at radius 2 is 2.27 bits per heavy atom. The molecule has 1 aromatic rings. The number of hydrogen-bond donors (Lipinski definition) is 2. The molecule has 15 heavy (non-hydrogen) atoms. The molecule has 1 aromatic heterocycles. The van der Waals surface area contributed by atoms with Crippen LogP contribution in [0.15, 0.2) is 4.52 Å². The van der Waals surface area contributed by atoms with Gasteiger partial charge in [0.2, 0.25) is 5.89 Å². The predicted molar refractivity (Wildman–Crippen MR) is 54.3 cm³/mol. The second kappa shape index (κ2) is 3.90. The summed E-state index contributed by atoms with van der Waals surface area (Å²) in [6.07, 6.45) is 2.55. The SMILES string of the molecule is CC(C)NC1(c2nc(CCO)no2)CC1. The number of nitrogens with zero attached hydrogens (tertiary/aromatic N) is 2. The Labute approximate surface area is 88.9 Å². The van der Waals surface area contributed by atoms with Crippen LogP contribution in [0.25, 0.3) is 0 Å². The highest BCUT2D eigenvalue weighted by atomic mass is 16.5.